The number of pyridine rings is 1. The first-order valence-corrected chi connectivity index (χ1v) is 10.3. The monoisotopic (exact) mass is 463 g/mol. The molecule has 0 saturated carbocycles. The van der Waals surface area contributed by atoms with Crippen LogP contribution < -0.4 is 10.3 Å². The molecule has 0 spiro atoms. The topological polar surface area (TPSA) is 182 Å². The smallest absolute Gasteiger partial charge is 0.269 e. The van der Waals surface area contributed by atoms with Crippen LogP contribution in [0.15, 0.2) is 59.2 Å². The summed E-state index contributed by atoms with van der Waals surface area (Å²) in [6.45, 7) is 2.26. The molecule has 0 unspecified atom stereocenters. The van der Waals surface area contributed by atoms with Gasteiger partial charge in [-0.1, -0.05) is 0 Å². The van der Waals surface area contributed by atoms with E-state index in [1.165, 1.54) is 12.1 Å². The van der Waals surface area contributed by atoms with Crippen LogP contribution in [0.25, 0.3) is 0 Å². The second kappa shape index (κ2) is 10.5. The van der Waals surface area contributed by atoms with Gasteiger partial charge in [-0.2, -0.15) is 10.2 Å². The molecular formula is C18H21N7O6S. The maximum Gasteiger partial charge on any atom is 0.269 e. The van der Waals surface area contributed by atoms with Crippen LogP contribution in [-0.4, -0.2) is 34.8 Å². The second-order valence-electron chi connectivity index (χ2n) is 6.45. The molecule has 0 aliphatic carbocycles. The number of aromatic nitrogens is 3. The molecule has 3 aromatic rings. The number of aryl methyl sites for hydroxylation is 2. The normalized spacial score (nSPS) is 11.2. The third-order valence-corrected chi connectivity index (χ3v) is 4.46. The van der Waals surface area contributed by atoms with Gasteiger partial charge in [0, 0.05) is 23.8 Å². The average Bonchev–Trinajstić information content (AvgIpc) is 3.06. The molecule has 1 aromatic carbocycles. The molecule has 0 fully saturated rings. The SMILES string of the molecule is COS(=O)(=O)[O-].Cc1cc([N+](=O)[O-])ccc1/N=N/c1cnn(Cc2ccc[n+](C)c2)c1N. The number of nitrogens with zero attached hydrogens (tertiary/aromatic N) is 6. The Morgan fingerprint density at radius 2 is 1.94 bits per heavy atom. The third-order valence-electron chi connectivity index (χ3n) is 4.05. The maximum absolute atomic E-state index is 10.8. The minimum absolute atomic E-state index is 0.0183. The number of azo groups is 1. The summed E-state index contributed by atoms with van der Waals surface area (Å²) in [5, 5.41) is 23.3. The lowest BCUT2D eigenvalue weighted by atomic mass is 10.2. The van der Waals surface area contributed by atoms with Crippen LogP contribution in [0, 0.1) is 17.0 Å². The number of anilines is 1. The second-order valence-corrected chi connectivity index (χ2v) is 7.60. The lowest BCUT2D eigenvalue weighted by molar-refractivity contribution is -0.671. The summed E-state index contributed by atoms with van der Waals surface area (Å²) < 4.78 is 34.6. The number of non-ortho nitro benzene ring substituents is 1. The number of rotatable bonds is 6. The molecule has 0 aliphatic rings. The van der Waals surface area contributed by atoms with E-state index in [4.69, 9.17) is 5.73 Å². The average molecular weight is 463 g/mol. The summed E-state index contributed by atoms with van der Waals surface area (Å²) >= 11 is 0. The first-order valence-electron chi connectivity index (χ1n) is 8.94. The van der Waals surface area contributed by atoms with Crippen molar-refractivity contribution in [3.8, 4) is 0 Å². The number of nitrogens with two attached hydrogens (primary N) is 1. The zero-order valence-corrected chi connectivity index (χ0v) is 18.3. The van der Waals surface area contributed by atoms with Crippen molar-refractivity contribution in [3.63, 3.8) is 0 Å². The number of nitro groups is 1. The first kappa shape index (κ1) is 24.5. The van der Waals surface area contributed by atoms with Crippen molar-refractivity contribution in [3.05, 3.63) is 70.2 Å². The van der Waals surface area contributed by atoms with Gasteiger partial charge >= 0.3 is 0 Å². The highest BCUT2D eigenvalue weighted by atomic mass is 32.3. The van der Waals surface area contributed by atoms with Gasteiger partial charge in [0.15, 0.2) is 12.4 Å². The third kappa shape index (κ3) is 7.19. The molecule has 3 rings (SSSR count). The summed E-state index contributed by atoms with van der Waals surface area (Å²) in [6, 6.07) is 8.34. The summed E-state index contributed by atoms with van der Waals surface area (Å²) in [6.07, 6.45) is 5.48. The summed E-state index contributed by atoms with van der Waals surface area (Å²) in [5.74, 6) is 0.403. The van der Waals surface area contributed by atoms with Crippen molar-refractivity contribution in [2.45, 2.75) is 13.5 Å². The lowest BCUT2D eigenvalue weighted by Gasteiger charge is -2.03. The highest BCUT2D eigenvalue weighted by molar-refractivity contribution is 7.80. The first-order chi connectivity index (χ1) is 15.0. The molecule has 2 aromatic heterocycles. The number of benzene rings is 1. The molecule has 0 atom stereocenters. The van der Waals surface area contributed by atoms with E-state index >= 15 is 0 Å². The molecular weight excluding hydrogens is 442 g/mol. The maximum atomic E-state index is 10.8. The minimum Gasteiger partial charge on any atom is -0.726 e. The standard InChI is InChI=1S/C17H18N7O2.CH4O4S/c1-12-8-14(24(25)26)5-6-15(12)20-21-16-9-19-23(17(16)18)11-13-4-3-7-22(2)10-13;1-5-6(2,3)4/h3-10H,11,18H2,1-2H3;1H3,(H,2,3,4)/q+1;/p-1/b21-20+;. The van der Waals surface area contributed by atoms with E-state index in [1.54, 1.807) is 23.9 Å². The Balaban J connectivity index is 0.000000534. The molecule has 0 radical (unpaired) electrons. The molecule has 170 valence electrons. The zero-order valence-electron chi connectivity index (χ0n) is 17.4. The number of nitro benzene ring substituents is 1. The van der Waals surface area contributed by atoms with Crippen LogP contribution in [0.5, 0.6) is 0 Å². The Morgan fingerprint density at radius 3 is 2.50 bits per heavy atom. The zero-order chi connectivity index (χ0) is 23.9. The fraction of sp³-hybridized carbons (Fsp3) is 0.222. The van der Waals surface area contributed by atoms with Crippen LogP contribution >= 0.6 is 0 Å². The molecule has 0 aliphatic heterocycles. The fourth-order valence-corrected chi connectivity index (χ4v) is 2.48. The quantitative estimate of drug-likeness (QED) is 0.144. The molecule has 2 N–H and O–H groups in total. The van der Waals surface area contributed by atoms with Crippen molar-refractivity contribution in [2.75, 3.05) is 12.8 Å². The van der Waals surface area contributed by atoms with Crippen molar-refractivity contribution in [1.29, 1.82) is 0 Å². The van der Waals surface area contributed by atoms with Gasteiger partial charge in [-0.15, -0.1) is 5.11 Å². The van der Waals surface area contributed by atoms with E-state index in [1.807, 2.05) is 36.1 Å². The Morgan fingerprint density at radius 1 is 1.28 bits per heavy atom. The van der Waals surface area contributed by atoms with Crippen LogP contribution in [0.2, 0.25) is 0 Å². The number of nitrogen functional groups attached to an aromatic ring is 1. The summed E-state index contributed by atoms with van der Waals surface area (Å²) in [4.78, 5) is 10.3. The minimum atomic E-state index is -4.41. The van der Waals surface area contributed by atoms with Gasteiger partial charge in [-0.25, -0.2) is 17.7 Å². The largest absolute Gasteiger partial charge is 0.726 e. The van der Waals surface area contributed by atoms with Crippen molar-refractivity contribution >= 4 is 33.3 Å². The van der Waals surface area contributed by atoms with Gasteiger partial charge in [0.25, 0.3) is 5.69 Å². The van der Waals surface area contributed by atoms with Crippen LogP contribution in [0.1, 0.15) is 11.1 Å². The Bertz CT molecular complexity index is 1240. The van der Waals surface area contributed by atoms with Crippen LogP contribution in [0.4, 0.5) is 22.9 Å². The molecule has 0 amide bonds. The predicted octanol–water partition coefficient (Wildman–Crippen LogP) is 2.06. The van der Waals surface area contributed by atoms with E-state index in [0.29, 0.717) is 29.3 Å². The van der Waals surface area contributed by atoms with E-state index in [-0.39, 0.29) is 5.69 Å². The fourth-order valence-electron chi connectivity index (χ4n) is 2.48. The summed E-state index contributed by atoms with van der Waals surface area (Å²) in [5.41, 5.74) is 8.82. The van der Waals surface area contributed by atoms with Crippen molar-refractivity contribution in [2.24, 2.45) is 17.3 Å². The predicted molar refractivity (Wildman–Crippen MR) is 112 cm³/mol. The Hall–Kier alpha value is -3.75. The molecule has 0 saturated heterocycles. The molecule has 2 heterocycles. The van der Waals surface area contributed by atoms with E-state index < -0.39 is 15.3 Å². The molecule has 0 bridgehead atoms. The van der Waals surface area contributed by atoms with E-state index in [2.05, 4.69) is 19.5 Å². The van der Waals surface area contributed by atoms with E-state index in [0.717, 1.165) is 12.7 Å². The number of hydrogen-bond donors (Lipinski definition) is 1. The molecule has 14 heteroatoms. The summed E-state index contributed by atoms with van der Waals surface area (Å²) in [7, 11) is -1.66. The molecule has 32 heavy (non-hydrogen) atoms. The van der Waals surface area contributed by atoms with Crippen molar-refractivity contribution < 1.29 is 26.6 Å². The van der Waals surface area contributed by atoms with Gasteiger partial charge < -0.3 is 10.3 Å². The van der Waals surface area contributed by atoms with Gasteiger partial charge in [0.2, 0.25) is 10.4 Å². The Labute approximate surface area is 183 Å². The van der Waals surface area contributed by atoms with Crippen LogP contribution in [0.3, 0.4) is 0 Å². The van der Waals surface area contributed by atoms with Gasteiger partial charge in [0.1, 0.15) is 18.6 Å². The van der Waals surface area contributed by atoms with Gasteiger partial charge in [0.05, 0.1) is 30.5 Å². The number of hydrogen-bond acceptors (Lipinski definition) is 10. The van der Waals surface area contributed by atoms with E-state index in [9.17, 15) is 23.1 Å². The Kier molecular flexibility index (Phi) is 8.06. The highest BCUT2D eigenvalue weighted by Gasteiger charge is 2.10. The highest BCUT2D eigenvalue weighted by Crippen LogP contribution is 2.28. The van der Waals surface area contributed by atoms with Crippen LogP contribution in [-0.2, 0) is 28.2 Å². The molecule has 13 nitrogen and oxygen atoms in total. The lowest BCUT2D eigenvalue weighted by Crippen LogP contribution is -2.27. The van der Waals surface area contributed by atoms with Gasteiger partial charge in [-0.05, 0) is 24.6 Å². The van der Waals surface area contributed by atoms with Gasteiger partial charge in [-0.3, -0.25) is 14.3 Å². The van der Waals surface area contributed by atoms with Crippen molar-refractivity contribution in [1.82, 2.24) is 9.78 Å².